The Bertz CT molecular complexity index is 767. The molecule has 0 bridgehead atoms. The van der Waals surface area contributed by atoms with Crippen LogP contribution >= 0.6 is 23.2 Å². The van der Waals surface area contributed by atoms with E-state index in [0.717, 1.165) is 19.4 Å². The monoisotopic (exact) mass is 348 g/mol. The molecule has 0 aliphatic carbocycles. The Kier molecular flexibility index (Phi) is 4.56. The third-order valence-electron chi connectivity index (χ3n) is 3.95. The van der Waals surface area contributed by atoms with Crippen LogP contribution in [0, 0.1) is 11.3 Å². The number of hydrogen-bond acceptors (Lipinski definition) is 3. The van der Waals surface area contributed by atoms with Gasteiger partial charge in [-0.2, -0.15) is 5.26 Å². The molecule has 1 atom stereocenters. The highest BCUT2D eigenvalue weighted by Gasteiger charge is 2.39. The molecule has 118 valence electrons. The van der Waals surface area contributed by atoms with E-state index < -0.39 is 6.04 Å². The molecule has 2 heterocycles. The smallest absolute Gasteiger partial charge is 0.257 e. The van der Waals surface area contributed by atoms with E-state index in [1.165, 1.54) is 0 Å². The van der Waals surface area contributed by atoms with E-state index in [1.54, 1.807) is 29.6 Å². The fraction of sp³-hybridized carbons (Fsp3) is 0.312. The summed E-state index contributed by atoms with van der Waals surface area (Å²) < 4.78 is 1.98. The number of imidazole rings is 1. The van der Waals surface area contributed by atoms with E-state index in [-0.39, 0.29) is 5.91 Å². The Balaban J connectivity index is 1.71. The lowest BCUT2D eigenvalue weighted by Gasteiger charge is -2.20. The maximum Gasteiger partial charge on any atom is 0.257 e. The molecule has 1 unspecified atom stereocenters. The Labute approximate surface area is 144 Å². The number of carbonyl (C=O) groups excluding carboxylic acids is 1. The van der Waals surface area contributed by atoms with Crippen LogP contribution in [-0.4, -0.2) is 26.9 Å². The van der Waals surface area contributed by atoms with Gasteiger partial charge in [0.25, 0.3) is 5.91 Å². The topological polar surface area (TPSA) is 61.9 Å². The molecule has 1 aromatic heterocycles. The lowest BCUT2D eigenvalue weighted by molar-refractivity contribution is 0.0754. The number of aryl methyl sites for hydroxylation is 1. The number of unbranched alkanes of at least 4 members (excludes halogenated alkanes) is 1. The Morgan fingerprint density at radius 3 is 2.65 bits per heavy atom. The number of carbonyl (C=O) groups is 1. The molecular weight excluding hydrogens is 335 g/mol. The van der Waals surface area contributed by atoms with E-state index in [9.17, 15) is 10.1 Å². The van der Waals surface area contributed by atoms with Crippen LogP contribution in [0.5, 0.6) is 0 Å². The normalized spacial score (nSPS) is 16.5. The van der Waals surface area contributed by atoms with Gasteiger partial charge in [-0.05, 0) is 25.0 Å². The molecule has 0 N–H and O–H groups in total. The van der Waals surface area contributed by atoms with Gasteiger partial charge in [-0.3, -0.25) is 4.79 Å². The molecule has 3 rings (SSSR count). The number of hydrogen-bond donors (Lipinski definition) is 0. The predicted molar refractivity (Wildman–Crippen MR) is 87.3 cm³/mol. The molecule has 0 spiro atoms. The average Bonchev–Trinajstić information content (AvgIpc) is 3.14. The van der Waals surface area contributed by atoms with Crippen LogP contribution in [0.1, 0.15) is 34.8 Å². The standard InChI is InChI=1S/C16H14Cl2N4O/c17-11-3-4-12(18)15-14(11)13(9-19)22(16(15)23)7-2-1-6-21-8-5-20-10-21/h3-5,8,10,13H,1-2,6-7H2. The maximum absolute atomic E-state index is 12.6. The van der Waals surface area contributed by atoms with Gasteiger partial charge >= 0.3 is 0 Å². The minimum Gasteiger partial charge on any atom is -0.337 e. The van der Waals surface area contributed by atoms with Crippen molar-refractivity contribution in [2.75, 3.05) is 6.54 Å². The number of aromatic nitrogens is 2. The molecule has 0 radical (unpaired) electrons. The van der Waals surface area contributed by atoms with Crippen molar-refractivity contribution in [1.82, 2.24) is 14.5 Å². The van der Waals surface area contributed by atoms with Gasteiger partial charge in [0.05, 0.1) is 23.0 Å². The van der Waals surface area contributed by atoms with Crippen LogP contribution in [0.2, 0.25) is 10.0 Å². The fourth-order valence-corrected chi connectivity index (χ4v) is 3.34. The quantitative estimate of drug-likeness (QED) is 0.774. The summed E-state index contributed by atoms with van der Waals surface area (Å²) in [6.07, 6.45) is 7.06. The van der Waals surface area contributed by atoms with E-state index in [0.29, 0.717) is 27.7 Å². The first-order valence-electron chi connectivity index (χ1n) is 7.27. The highest BCUT2D eigenvalue weighted by Crippen LogP contribution is 2.41. The van der Waals surface area contributed by atoms with Gasteiger partial charge in [0.15, 0.2) is 0 Å². The van der Waals surface area contributed by atoms with Crippen LogP contribution in [0.15, 0.2) is 30.9 Å². The first-order valence-corrected chi connectivity index (χ1v) is 8.03. The van der Waals surface area contributed by atoms with Crippen molar-refractivity contribution in [1.29, 1.82) is 5.26 Å². The number of nitrogens with zero attached hydrogens (tertiary/aromatic N) is 4. The van der Waals surface area contributed by atoms with Crippen LogP contribution in [0.3, 0.4) is 0 Å². The molecule has 5 nitrogen and oxygen atoms in total. The highest BCUT2D eigenvalue weighted by atomic mass is 35.5. The second-order valence-electron chi connectivity index (χ2n) is 5.36. The van der Waals surface area contributed by atoms with Gasteiger partial charge in [0.1, 0.15) is 6.04 Å². The summed E-state index contributed by atoms with van der Waals surface area (Å²) >= 11 is 12.3. The van der Waals surface area contributed by atoms with Gasteiger partial charge in [-0.15, -0.1) is 0 Å². The molecule has 0 fully saturated rings. The van der Waals surface area contributed by atoms with Gasteiger partial charge < -0.3 is 9.47 Å². The first-order chi connectivity index (χ1) is 11.1. The molecule has 0 saturated carbocycles. The highest BCUT2D eigenvalue weighted by molar-refractivity contribution is 6.37. The predicted octanol–water partition coefficient (Wildman–Crippen LogP) is 3.69. The van der Waals surface area contributed by atoms with Crippen molar-refractivity contribution < 1.29 is 4.79 Å². The molecule has 2 aromatic rings. The molecule has 1 amide bonds. The summed E-state index contributed by atoms with van der Waals surface area (Å²) in [6, 6.07) is 4.72. The number of benzene rings is 1. The molecule has 0 saturated heterocycles. The molecule has 1 aromatic carbocycles. The summed E-state index contributed by atoms with van der Waals surface area (Å²) in [5.41, 5.74) is 0.890. The second-order valence-corrected chi connectivity index (χ2v) is 6.17. The molecule has 1 aliphatic rings. The minimum absolute atomic E-state index is 0.221. The number of rotatable bonds is 5. The molecule has 23 heavy (non-hydrogen) atoms. The van der Waals surface area contributed by atoms with Crippen molar-refractivity contribution >= 4 is 29.1 Å². The largest absolute Gasteiger partial charge is 0.337 e. The molecular formula is C16H14Cl2N4O. The van der Waals surface area contributed by atoms with Crippen molar-refractivity contribution in [3.8, 4) is 6.07 Å². The zero-order chi connectivity index (χ0) is 16.4. The summed E-state index contributed by atoms with van der Waals surface area (Å²) in [5.74, 6) is -0.221. The van der Waals surface area contributed by atoms with E-state index in [4.69, 9.17) is 23.2 Å². The number of fused-ring (bicyclic) bond motifs is 1. The van der Waals surface area contributed by atoms with Crippen molar-refractivity contribution in [2.45, 2.75) is 25.4 Å². The lowest BCUT2D eigenvalue weighted by Crippen LogP contribution is -2.28. The number of amides is 1. The Morgan fingerprint density at radius 2 is 1.96 bits per heavy atom. The van der Waals surface area contributed by atoms with Crippen LogP contribution in [-0.2, 0) is 6.54 Å². The Morgan fingerprint density at radius 1 is 1.22 bits per heavy atom. The summed E-state index contributed by atoms with van der Waals surface area (Å²) in [5, 5.41) is 10.2. The first kappa shape index (κ1) is 15.9. The summed E-state index contributed by atoms with van der Waals surface area (Å²) in [7, 11) is 0. The van der Waals surface area contributed by atoms with Gasteiger partial charge in [-0.1, -0.05) is 23.2 Å². The van der Waals surface area contributed by atoms with Gasteiger partial charge in [0.2, 0.25) is 0 Å². The van der Waals surface area contributed by atoms with Crippen molar-refractivity contribution in [3.05, 3.63) is 52.0 Å². The molecule has 1 aliphatic heterocycles. The van der Waals surface area contributed by atoms with Crippen molar-refractivity contribution in [2.24, 2.45) is 0 Å². The molecule has 7 heteroatoms. The van der Waals surface area contributed by atoms with Gasteiger partial charge in [0, 0.05) is 36.1 Å². The van der Waals surface area contributed by atoms with Gasteiger partial charge in [-0.25, -0.2) is 4.98 Å². The SMILES string of the molecule is N#CC1c2c(Cl)ccc(Cl)c2C(=O)N1CCCCn1ccnc1. The number of nitriles is 1. The third kappa shape index (κ3) is 2.92. The maximum atomic E-state index is 12.6. The summed E-state index contributed by atoms with van der Waals surface area (Å²) in [4.78, 5) is 18.1. The third-order valence-corrected chi connectivity index (χ3v) is 4.59. The summed E-state index contributed by atoms with van der Waals surface area (Å²) in [6.45, 7) is 1.32. The lowest BCUT2D eigenvalue weighted by atomic mass is 10.1. The second kappa shape index (κ2) is 6.61. The van der Waals surface area contributed by atoms with Crippen LogP contribution in [0.25, 0.3) is 0 Å². The Hall–Kier alpha value is -2.03. The number of halogens is 2. The van der Waals surface area contributed by atoms with Crippen LogP contribution in [0.4, 0.5) is 0 Å². The zero-order valence-corrected chi connectivity index (χ0v) is 13.8. The zero-order valence-electron chi connectivity index (χ0n) is 12.2. The fourth-order valence-electron chi connectivity index (χ4n) is 2.83. The van der Waals surface area contributed by atoms with Crippen LogP contribution < -0.4 is 0 Å². The van der Waals surface area contributed by atoms with Crippen molar-refractivity contribution in [3.63, 3.8) is 0 Å². The van der Waals surface area contributed by atoms with E-state index >= 15 is 0 Å². The van der Waals surface area contributed by atoms with E-state index in [2.05, 4.69) is 11.1 Å². The minimum atomic E-state index is -0.669. The average molecular weight is 349 g/mol. The van der Waals surface area contributed by atoms with E-state index in [1.807, 2.05) is 10.8 Å².